The minimum absolute atomic E-state index is 0.118. The van der Waals surface area contributed by atoms with E-state index in [1.807, 2.05) is 6.92 Å². The van der Waals surface area contributed by atoms with Gasteiger partial charge in [0.15, 0.2) is 0 Å². The molecule has 1 aromatic rings. The molecule has 0 aliphatic rings. The monoisotopic (exact) mass is 277 g/mol. The van der Waals surface area contributed by atoms with E-state index in [0.717, 1.165) is 12.5 Å². The Bertz CT molecular complexity index is 398. The molecule has 0 fully saturated rings. The second-order valence-electron chi connectivity index (χ2n) is 3.92. The van der Waals surface area contributed by atoms with E-state index in [1.165, 1.54) is 12.1 Å². The fraction of sp³-hybridized carbons (Fsp3) is 0.417. The average Bonchev–Trinajstić information content (AvgIpc) is 2.26. The van der Waals surface area contributed by atoms with Gasteiger partial charge in [-0.1, -0.05) is 18.5 Å². The molecule has 1 aromatic carbocycles. The summed E-state index contributed by atoms with van der Waals surface area (Å²) in [4.78, 5) is 11.7. The Hall–Kier alpha value is -0.800. The van der Waals surface area contributed by atoms with Crippen molar-refractivity contribution in [2.24, 2.45) is 5.92 Å². The van der Waals surface area contributed by atoms with Crippen LogP contribution < -0.4 is 5.32 Å². The Morgan fingerprint density at radius 2 is 2.24 bits per heavy atom. The van der Waals surface area contributed by atoms with Crippen molar-refractivity contribution < 1.29 is 9.18 Å². The van der Waals surface area contributed by atoms with Crippen LogP contribution in [0.25, 0.3) is 0 Å². The van der Waals surface area contributed by atoms with Crippen molar-refractivity contribution >= 4 is 29.1 Å². The summed E-state index contributed by atoms with van der Waals surface area (Å²) in [5, 5.41) is 2.86. The molecule has 0 aromatic heterocycles. The smallest absolute Gasteiger partial charge is 0.252 e. The van der Waals surface area contributed by atoms with Crippen molar-refractivity contribution in [1.82, 2.24) is 5.32 Å². The van der Waals surface area contributed by atoms with Gasteiger partial charge in [-0.25, -0.2) is 4.39 Å². The third-order valence-corrected chi connectivity index (χ3v) is 2.92. The lowest BCUT2D eigenvalue weighted by Gasteiger charge is -2.11. The highest BCUT2D eigenvalue weighted by Gasteiger charge is 2.11. The number of halogens is 3. The van der Waals surface area contributed by atoms with Gasteiger partial charge in [0.05, 0.1) is 10.6 Å². The molecular formula is C12H14Cl2FNO. The number of carbonyl (C=O) groups excluding carboxylic acids is 1. The SMILES string of the molecule is CC(CCCl)CNC(=O)c1ccc(F)cc1Cl. The highest BCUT2D eigenvalue weighted by atomic mass is 35.5. The zero-order chi connectivity index (χ0) is 12.8. The fourth-order valence-corrected chi connectivity index (χ4v) is 1.95. The normalized spacial score (nSPS) is 12.2. The molecule has 1 unspecified atom stereocenters. The molecule has 0 heterocycles. The van der Waals surface area contributed by atoms with Crippen LogP contribution in [0.15, 0.2) is 18.2 Å². The number of amides is 1. The maximum atomic E-state index is 12.8. The highest BCUT2D eigenvalue weighted by Crippen LogP contribution is 2.17. The van der Waals surface area contributed by atoms with Gasteiger partial charge in [-0.15, -0.1) is 11.6 Å². The summed E-state index contributed by atoms with van der Waals surface area (Å²) < 4.78 is 12.8. The van der Waals surface area contributed by atoms with Gasteiger partial charge in [0.25, 0.3) is 5.91 Å². The van der Waals surface area contributed by atoms with Crippen LogP contribution >= 0.6 is 23.2 Å². The lowest BCUT2D eigenvalue weighted by atomic mass is 10.1. The Kier molecular flexibility index (Phi) is 5.72. The third kappa shape index (κ3) is 4.52. The number of benzene rings is 1. The number of alkyl halides is 1. The van der Waals surface area contributed by atoms with Crippen molar-refractivity contribution in [3.05, 3.63) is 34.6 Å². The van der Waals surface area contributed by atoms with E-state index in [1.54, 1.807) is 0 Å². The van der Waals surface area contributed by atoms with Crippen LogP contribution in [0.1, 0.15) is 23.7 Å². The summed E-state index contributed by atoms with van der Waals surface area (Å²) in [5.41, 5.74) is 0.283. The molecule has 0 spiro atoms. The van der Waals surface area contributed by atoms with Crippen LogP contribution in [0, 0.1) is 11.7 Å². The number of hydrogen-bond acceptors (Lipinski definition) is 1. The van der Waals surface area contributed by atoms with Gasteiger partial charge < -0.3 is 5.32 Å². The van der Waals surface area contributed by atoms with E-state index < -0.39 is 5.82 Å². The third-order valence-electron chi connectivity index (χ3n) is 2.39. The summed E-state index contributed by atoms with van der Waals surface area (Å²) in [5.74, 6) is 0.114. The predicted octanol–water partition coefficient (Wildman–Crippen LogP) is 3.47. The first-order chi connectivity index (χ1) is 8.04. The molecule has 2 nitrogen and oxygen atoms in total. The van der Waals surface area contributed by atoms with Crippen molar-refractivity contribution in [3.8, 4) is 0 Å². The fourth-order valence-electron chi connectivity index (χ4n) is 1.32. The van der Waals surface area contributed by atoms with Crippen LogP contribution in [-0.4, -0.2) is 18.3 Å². The van der Waals surface area contributed by atoms with Crippen LogP contribution in [-0.2, 0) is 0 Å². The van der Waals surface area contributed by atoms with Crippen LogP contribution in [0.4, 0.5) is 4.39 Å². The number of carbonyl (C=O) groups is 1. The molecule has 1 amide bonds. The Morgan fingerprint density at radius 1 is 1.53 bits per heavy atom. The summed E-state index contributed by atoms with van der Waals surface area (Å²) in [6.07, 6.45) is 0.832. The molecule has 0 aliphatic carbocycles. The molecule has 0 saturated heterocycles. The van der Waals surface area contributed by atoms with Crippen molar-refractivity contribution in [2.45, 2.75) is 13.3 Å². The second kappa shape index (κ2) is 6.82. The second-order valence-corrected chi connectivity index (χ2v) is 4.70. The van der Waals surface area contributed by atoms with E-state index in [-0.39, 0.29) is 16.5 Å². The first kappa shape index (κ1) is 14.3. The van der Waals surface area contributed by atoms with E-state index in [0.29, 0.717) is 18.3 Å². The average molecular weight is 278 g/mol. The molecule has 94 valence electrons. The molecule has 0 bridgehead atoms. The van der Waals surface area contributed by atoms with E-state index in [9.17, 15) is 9.18 Å². The minimum Gasteiger partial charge on any atom is -0.352 e. The zero-order valence-corrected chi connectivity index (χ0v) is 11.0. The topological polar surface area (TPSA) is 29.1 Å². The summed E-state index contributed by atoms with van der Waals surface area (Å²) in [6, 6.07) is 3.71. The van der Waals surface area contributed by atoms with Gasteiger partial charge in [-0.05, 0) is 30.5 Å². The number of nitrogens with one attached hydrogen (secondary N) is 1. The summed E-state index contributed by atoms with van der Waals surface area (Å²) >= 11 is 11.4. The Balaban J connectivity index is 2.58. The van der Waals surface area contributed by atoms with E-state index in [2.05, 4.69) is 5.32 Å². The minimum atomic E-state index is -0.456. The van der Waals surface area contributed by atoms with Gasteiger partial charge in [0.2, 0.25) is 0 Å². The molecule has 0 saturated carbocycles. The van der Waals surface area contributed by atoms with Crippen LogP contribution in [0.3, 0.4) is 0 Å². The van der Waals surface area contributed by atoms with Gasteiger partial charge in [0, 0.05) is 12.4 Å². The van der Waals surface area contributed by atoms with Crippen molar-refractivity contribution in [1.29, 1.82) is 0 Å². The maximum absolute atomic E-state index is 12.8. The largest absolute Gasteiger partial charge is 0.352 e. The molecule has 1 atom stereocenters. The first-order valence-electron chi connectivity index (χ1n) is 5.33. The van der Waals surface area contributed by atoms with Crippen molar-refractivity contribution in [3.63, 3.8) is 0 Å². The lowest BCUT2D eigenvalue weighted by Crippen LogP contribution is -2.28. The predicted molar refractivity (Wildman–Crippen MR) is 68.2 cm³/mol. The lowest BCUT2D eigenvalue weighted by molar-refractivity contribution is 0.0948. The Morgan fingerprint density at radius 3 is 2.82 bits per heavy atom. The van der Waals surface area contributed by atoms with Gasteiger partial charge in [-0.3, -0.25) is 4.79 Å². The first-order valence-corrected chi connectivity index (χ1v) is 6.25. The van der Waals surface area contributed by atoms with Gasteiger partial charge >= 0.3 is 0 Å². The maximum Gasteiger partial charge on any atom is 0.252 e. The standard InChI is InChI=1S/C12H14Cl2FNO/c1-8(4-5-13)7-16-12(17)10-3-2-9(15)6-11(10)14/h2-3,6,8H,4-5,7H2,1H3,(H,16,17). The van der Waals surface area contributed by atoms with E-state index in [4.69, 9.17) is 23.2 Å². The number of rotatable bonds is 5. The molecule has 17 heavy (non-hydrogen) atoms. The molecule has 1 N–H and O–H groups in total. The molecule has 1 rings (SSSR count). The van der Waals surface area contributed by atoms with Crippen LogP contribution in [0.5, 0.6) is 0 Å². The molecule has 0 radical (unpaired) electrons. The molecule has 0 aliphatic heterocycles. The van der Waals surface area contributed by atoms with E-state index >= 15 is 0 Å². The molecule has 5 heteroatoms. The van der Waals surface area contributed by atoms with Crippen molar-refractivity contribution in [2.75, 3.05) is 12.4 Å². The van der Waals surface area contributed by atoms with Crippen LogP contribution in [0.2, 0.25) is 5.02 Å². The summed E-state index contributed by atoms with van der Waals surface area (Å²) in [7, 11) is 0. The number of hydrogen-bond donors (Lipinski definition) is 1. The zero-order valence-electron chi connectivity index (χ0n) is 9.47. The highest BCUT2D eigenvalue weighted by molar-refractivity contribution is 6.33. The molecular weight excluding hydrogens is 264 g/mol. The summed E-state index contributed by atoms with van der Waals surface area (Å²) in [6.45, 7) is 2.52. The quantitative estimate of drug-likeness (QED) is 0.821. The Labute approximate surface area is 110 Å². The van der Waals surface area contributed by atoms with Gasteiger partial charge in [-0.2, -0.15) is 0 Å². The van der Waals surface area contributed by atoms with Gasteiger partial charge in [0.1, 0.15) is 5.82 Å².